The molecule has 0 heterocycles. The Balaban J connectivity index is 2.67. The lowest BCUT2D eigenvalue weighted by Crippen LogP contribution is -2.27. The van der Waals surface area contributed by atoms with Gasteiger partial charge in [0.15, 0.2) is 0 Å². The van der Waals surface area contributed by atoms with Crippen molar-refractivity contribution in [3.8, 4) is 5.75 Å². The van der Waals surface area contributed by atoms with E-state index in [0.717, 1.165) is 11.4 Å². The van der Waals surface area contributed by atoms with Crippen LogP contribution in [-0.2, 0) is 9.53 Å². The highest BCUT2D eigenvalue weighted by Crippen LogP contribution is 2.17. The van der Waals surface area contributed by atoms with Crippen molar-refractivity contribution < 1.29 is 14.3 Å². The van der Waals surface area contributed by atoms with Crippen LogP contribution in [0.2, 0.25) is 0 Å². The Morgan fingerprint density at radius 2 is 2.13 bits per heavy atom. The smallest absolute Gasteiger partial charge is 0.327 e. The topological polar surface area (TPSA) is 47.6 Å². The van der Waals surface area contributed by atoms with Crippen molar-refractivity contribution in [1.82, 2.24) is 0 Å². The maximum absolute atomic E-state index is 11.2. The van der Waals surface area contributed by atoms with Gasteiger partial charge in [-0.2, -0.15) is 0 Å². The van der Waals surface area contributed by atoms with Gasteiger partial charge in [0, 0.05) is 11.8 Å². The molecule has 0 aliphatic heterocycles. The molecule has 15 heavy (non-hydrogen) atoms. The van der Waals surface area contributed by atoms with E-state index in [0.29, 0.717) is 0 Å². The quantitative estimate of drug-likeness (QED) is 0.766. The second-order valence-electron chi connectivity index (χ2n) is 3.12. The van der Waals surface area contributed by atoms with E-state index < -0.39 is 0 Å². The van der Waals surface area contributed by atoms with Crippen molar-refractivity contribution in [2.24, 2.45) is 0 Å². The Kier molecular flexibility index (Phi) is 3.97. The van der Waals surface area contributed by atoms with E-state index in [1.807, 2.05) is 24.3 Å². The predicted molar refractivity (Wildman–Crippen MR) is 58.1 cm³/mol. The molecule has 0 fully saturated rings. The second-order valence-corrected chi connectivity index (χ2v) is 3.12. The van der Waals surface area contributed by atoms with Crippen LogP contribution in [0.25, 0.3) is 0 Å². The highest BCUT2D eigenvalue weighted by Gasteiger charge is 2.12. The van der Waals surface area contributed by atoms with Crippen LogP contribution < -0.4 is 10.1 Å². The Morgan fingerprint density at radius 1 is 1.40 bits per heavy atom. The molecule has 4 nitrogen and oxygen atoms in total. The van der Waals surface area contributed by atoms with Gasteiger partial charge in [0.1, 0.15) is 11.8 Å². The molecular weight excluding hydrogens is 194 g/mol. The number of nitrogens with one attached hydrogen (secondary N) is 1. The highest BCUT2D eigenvalue weighted by atomic mass is 16.5. The summed E-state index contributed by atoms with van der Waals surface area (Å²) in [7, 11) is 2.97. The lowest BCUT2D eigenvalue weighted by Gasteiger charge is -2.13. The van der Waals surface area contributed by atoms with Crippen molar-refractivity contribution in [2.45, 2.75) is 13.0 Å². The third kappa shape index (κ3) is 3.16. The Labute approximate surface area is 89.2 Å². The number of methoxy groups -OCH3 is 2. The summed E-state index contributed by atoms with van der Waals surface area (Å²) in [5.41, 5.74) is 0.826. The number of carbonyl (C=O) groups excluding carboxylic acids is 1. The molecule has 1 N–H and O–H groups in total. The fourth-order valence-corrected chi connectivity index (χ4v) is 1.20. The van der Waals surface area contributed by atoms with E-state index in [2.05, 4.69) is 10.1 Å². The van der Waals surface area contributed by atoms with Gasteiger partial charge in [0.05, 0.1) is 14.2 Å². The molecule has 1 rings (SSSR count). The van der Waals surface area contributed by atoms with Crippen LogP contribution in [0.4, 0.5) is 5.69 Å². The number of hydrogen-bond donors (Lipinski definition) is 1. The van der Waals surface area contributed by atoms with E-state index in [-0.39, 0.29) is 12.0 Å². The van der Waals surface area contributed by atoms with Gasteiger partial charge < -0.3 is 14.8 Å². The van der Waals surface area contributed by atoms with Gasteiger partial charge in [-0.3, -0.25) is 0 Å². The minimum atomic E-state index is -0.373. The molecule has 1 aromatic carbocycles. The number of ether oxygens (including phenoxy) is 2. The Bertz CT molecular complexity index is 338. The fraction of sp³-hybridized carbons (Fsp3) is 0.364. The van der Waals surface area contributed by atoms with Gasteiger partial charge in [-0.05, 0) is 19.1 Å². The maximum atomic E-state index is 11.2. The normalized spacial score (nSPS) is 11.7. The lowest BCUT2D eigenvalue weighted by atomic mass is 10.2. The van der Waals surface area contributed by atoms with E-state index >= 15 is 0 Å². The van der Waals surface area contributed by atoms with E-state index in [9.17, 15) is 4.79 Å². The van der Waals surface area contributed by atoms with Crippen LogP contribution in [0.3, 0.4) is 0 Å². The minimum absolute atomic E-state index is 0.294. The van der Waals surface area contributed by atoms with Crippen molar-refractivity contribution in [1.29, 1.82) is 0 Å². The SMILES string of the molecule is COC(=O)[C@@H](C)Nc1cccc(OC)c1. The number of anilines is 1. The molecule has 1 atom stereocenters. The largest absolute Gasteiger partial charge is 0.497 e. The summed E-state index contributed by atoms with van der Waals surface area (Å²) in [6.45, 7) is 1.74. The Morgan fingerprint density at radius 3 is 2.73 bits per heavy atom. The van der Waals surface area contributed by atoms with Gasteiger partial charge in [-0.1, -0.05) is 6.07 Å². The van der Waals surface area contributed by atoms with Crippen molar-refractivity contribution >= 4 is 11.7 Å². The standard InChI is InChI=1S/C11H15NO3/c1-8(11(13)15-3)12-9-5-4-6-10(7-9)14-2/h4-8,12H,1-3H3/t8-/m1/s1. The zero-order valence-electron chi connectivity index (χ0n) is 9.11. The molecule has 0 aromatic heterocycles. The summed E-state index contributed by atoms with van der Waals surface area (Å²) in [5, 5.41) is 3.01. The molecule has 0 bridgehead atoms. The Hall–Kier alpha value is -1.71. The molecule has 0 saturated heterocycles. The van der Waals surface area contributed by atoms with Gasteiger partial charge in [-0.15, -0.1) is 0 Å². The molecule has 82 valence electrons. The van der Waals surface area contributed by atoms with Crippen molar-refractivity contribution in [2.75, 3.05) is 19.5 Å². The zero-order valence-corrected chi connectivity index (χ0v) is 9.11. The molecule has 0 saturated carbocycles. The third-order valence-corrected chi connectivity index (χ3v) is 2.01. The van der Waals surface area contributed by atoms with Crippen LogP contribution in [0.5, 0.6) is 5.75 Å². The number of esters is 1. The van der Waals surface area contributed by atoms with Crippen LogP contribution >= 0.6 is 0 Å². The number of rotatable bonds is 4. The first-order valence-electron chi connectivity index (χ1n) is 4.65. The third-order valence-electron chi connectivity index (χ3n) is 2.01. The van der Waals surface area contributed by atoms with Crippen molar-refractivity contribution in [3.05, 3.63) is 24.3 Å². The summed E-state index contributed by atoms with van der Waals surface area (Å²) in [5.74, 6) is 0.454. The average molecular weight is 209 g/mol. The molecule has 0 unspecified atom stereocenters. The molecule has 0 amide bonds. The number of benzene rings is 1. The molecule has 0 radical (unpaired) electrons. The summed E-state index contributed by atoms with van der Waals surface area (Å²) in [6, 6.07) is 7.00. The second kappa shape index (κ2) is 5.24. The maximum Gasteiger partial charge on any atom is 0.327 e. The predicted octanol–water partition coefficient (Wildman–Crippen LogP) is 1.67. The zero-order chi connectivity index (χ0) is 11.3. The van der Waals surface area contributed by atoms with Crippen LogP contribution in [0.1, 0.15) is 6.92 Å². The minimum Gasteiger partial charge on any atom is -0.497 e. The van der Waals surface area contributed by atoms with E-state index in [1.165, 1.54) is 7.11 Å². The molecule has 1 aromatic rings. The first-order valence-corrected chi connectivity index (χ1v) is 4.65. The average Bonchev–Trinajstić information content (AvgIpc) is 2.28. The number of carbonyl (C=O) groups is 1. The van der Waals surface area contributed by atoms with Crippen LogP contribution in [-0.4, -0.2) is 26.2 Å². The van der Waals surface area contributed by atoms with Gasteiger partial charge in [0.2, 0.25) is 0 Å². The molecular formula is C11H15NO3. The molecule has 4 heteroatoms. The molecule has 0 spiro atoms. The van der Waals surface area contributed by atoms with Gasteiger partial charge >= 0.3 is 5.97 Å². The summed E-state index contributed by atoms with van der Waals surface area (Å²) >= 11 is 0. The van der Waals surface area contributed by atoms with Crippen LogP contribution in [0, 0.1) is 0 Å². The molecule has 0 aliphatic rings. The first kappa shape index (κ1) is 11.4. The summed E-state index contributed by atoms with van der Waals surface area (Å²) in [6.07, 6.45) is 0. The molecule has 0 aliphatic carbocycles. The van der Waals surface area contributed by atoms with E-state index in [4.69, 9.17) is 4.74 Å². The first-order chi connectivity index (χ1) is 7.17. The van der Waals surface area contributed by atoms with Gasteiger partial charge in [-0.25, -0.2) is 4.79 Å². The summed E-state index contributed by atoms with van der Waals surface area (Å²) in [4.78, 5) is 11.2. The van der Waals surface area contributed by atoms with Crippen LogP contribution in [0.15, 0.2) is 24.3 Å². The summed E-state index contributed by atoms with van der Waals surface area (Å²) < 4.78 is 9.68. The lowest BCUT2D eigenvalue weighted by molar-refractivity contribution is -0.141. The van der Waals surface area contributed by atoms with E-state index in [1.54, 1.807) is 14.0 Å². The number of hydrogen-bond acceptors (Lipinski definition) is 4. The fourth-order valence-electron chi connectivity index (χ4n) is 1.20. The van der Waals surface area contributed by atoms with Gasteiger partial charge in [0.25, 0.3) is 0 Å². The van der Waals surface area contributed by atoms with Crippen molar-refractivity contribution in [3.63, 3.8) is 0 Å². The monoisotopic (exact) mass is 209 g/mol. The highest BCUT2D eigenvalue weighted by molar-refractivity contribution is 5.78.